The maximum Gasteiger partial charge on any atom is 0.0346 e. The number of nitrogens with two attached hydrogens (primary N) is 1. The molecule has 0 aliphatic rings. The maximum absolute atomic E-state index is 5.44. The summed E-state index contributed by atoms with van der Waals surface area (Å²) in [6.07, 6.45) is 6.72. The highest BCUT2D eigenvalue weighted by molar-refractivity contribution is 5.87. The Morgan fingerprint density at radius 3 is 3.00 bits per heavy atom. The second-order valence-corrected chi connectivity index (χ2v) is 3.95. The fourth-order valence-electron chi connectivity index (χ4n) is 1.75. The number of unbranched alkanes of at least 4 members (excludes halogenated alkanes) is 2. The highest BCUT2D eigenvalue weighted by Gasteiger charge is 1.96. The number of benzene rings is 1. The van der Waals surface area contributed by atoms with Crippen LogP contribution in [0.2, 0.25) is 0 Å². The lowest BCUT2D eigenvalue weighted by Gasteiger charge is -1.98. The van der Waals surface area contributed by atoms with Crippen LogP contribution in [-0.4, -0.2) is 11.5 Å². The van der Waals surface area contributed by atoms with Crippen molar-refractivity contribution in [2.24, 2.45) is 5.73 Å². The summed E-state index contributed by atoms with van der Waals surface area (Å²) < 4.78 is 0. The van der Waals surface area contributed by atoms with Gasteiger partial charge in [0.1, 0.15) is 0 Å². The van der Waals surface area contributed by atoms with Gasteiger partial charge >= 0.3 is 0 Å². The minimum absolute atomic E-state index is 0.752. The lowest BCUT2D eigenvalue weighted by atomic mass is 10.1. The van der Waals surface area contributed by atoms with Crippen LogP contribution in [0.1, 0.15) is 24.8 Å². The summed E-state index contributed by atoms with van der Waals surface area (Å²) in [6, 6.07) is 8.15. The van der Waals surface area contributed by atoms with Crippen LogP contribution in [0.25, 0.3) is 10.8 Å². The van der Waals surface area contributed by atoms with Crippen molar-refractivity contribution in [1.82, 2.24) is 4.98 Å². The number of fused-ring (bicyclic) bond motifs is 1. The van der Waals surface area contributed by atoms with Crippen LogP contribution < -0.4 is 5.73 Å². The predicted molar refractivity (Wildman–Crippen MR) is 71.5 cm³/mol. The smallest absolute Gasteiger partial charge is 0.0346 e. The fraction of sp³-hybridized carbons (Fsp3) is 0.267. The lowest BCUT2D eigenvalue weighted by Crippen LogP contribution is -1.96. The van der Waals surface area contributed by atoms with Gasteiger partial charge in [-0.15, -0.1) is 0 Å². The van der Waals surface area contributed by atoms with Crippen LogP contribution in [0.3, 0.4) is 0 Å². The van der Waals surface area contributed by atoms with Crippen molar-refractivity contribution in [1.29, 1.82) is 0 Å². The summed E-state index contributed by atoms with van der Waals surface area (Å²) >= 11 is 0. The SMILES string of the molecule is NCCCCC#Cc1cccc2cnccc12. The minimum Gasteiger partial charge on any atom is -0.330 e. The number of hydrogen-bond acceptors (Lipinski definition) is 2. The molecule has 0 aliphatic heterocycles. The summed E-state index contributed by atoms with van der Waals surface area (Å²) in [4.78, 5) is 4.11. The van der Waals surface area contributed by atoms with Gasteiger partial charge in [-0.1, -0.05) is 24.0 Å². The number of pyridine rings is 1. The Morgan fingerprint density at radius 2 is 2.12 bits per heavy atom. The molecule has 17 heavy (non-hydrogen) atoms. The third-order valence-electron chi connectivity index (χ3n) is 2.66. The van der Waals surface area contributed by atoms with E-state index in [9.17, 15) is 0 Å². The Labute approximate surface area is 102 Å². The summed E-state index contributed by atoms with van der Waals surface area (Å²) in [5, 5.41) is 2.31. The highest BCUT2D eigenvalue weighted by Crippen LogP contribution is 2.16. The van der Waals surface area contributed by atoms with E-state index in [4.69, 9.17) is 5.73 Å². The molecule has 1 aromatic heterocycles. The van der Waals surface area contributed by atoms with Crippen molar-refractivity contribution in [3.8, 4) is 11.8 Å². The molecule has 0 bridgehead atoms. The topological polar surface area (TPSA) is 38.9 Å². The third-order valence-corrected chi connectivity index (χ3v) is 2.66. The Balaban J connectivity index is 2.18. The number of aromatic nitrogens is 1. The summed E-state index contributed by atoms with van der Waals surface area (Å²) in [7, 11) is 0. The molecule has 0 saturated carbocycles. The number of nitrogens with zero attached hydrogens (tertiary/aromatic N) is 1. The first-order valence-corrected chi connectivity index (χ1v) is 5.93. The first-order valence-electron chi connectivity index (χ1n) is 5.93. The van der Waals surface area contributed by atoms with Crippen molar-refractivity contribution in [2.75, 3.05) is 6.54 Å². The zero-order valence-corrected chi connectivity index (χ0v) is 9.82. The van der Waals surface area contributed by atoms with Crippen LogP contribution in [-0.2, 0) is 0 Å². The van der Waals surface area contributed by atoms with Crippen LogP contribution in [0, 0.1) is 11.8 Å². The van der Waals surface area contributed by atoms with E-state index in [1.54, 1.807) is 0 Å². The molecule has 0 amide bonds. The van der Waals surface area contributed by atoms with Crippen molar-refractivity contribution in [3.05, 3.63) is 42.2 Å². The Morgan fingerprint density at radius 1 is 1.18 bits per heavy atom. The van der Waals surface area contributed by atoms with Crippen LogP contribution in [0.15, 0.2) is 36.7 Å². The van der Waals surface area contributed by atoms with E-state index in [0.717, 1.165) is 36.8 Å². The van der Waals surface area contributed by atoms with Gasteiger partial charge < -0.3 is 5.73 Å². The van der Waals surface area contributed by atoms with Crippen LogP contribution in [0.4, 0.5) is 0 Å². The summed E-state index contributed by atoms with van der Waals surface area (Å²) in [5.41, 5.74) is 6.52. The van der Waals surface area contributed by atoms with E-state index in [-0.39, 0.29) is 0 Å². The van der Waals surface area contributed by atoms with E-state index in [2.05, 4.69) is 29.0 Å². The Kier molecular flexibility index (Phi) is 4.12. The molecule has 0 atom stereocenters. The summed E-state index contributed by atoms with van der Waals surface area (Å²) in [6.45, 7) is 0.752. The zero-order valence-electron chi connectivity index (χ0n) is 9.82. The average molecular weight is 224 g/mol. The standard InChI is InChI=1S/C15H16N2/c16-10-4-2-1-3-6-13-7-5-8-14-12-17-11-9-15(13)14/h5,7-9,11-12H,1-2,4,10,16H2. The van der Waals surface area contributed by atoms with Gasteiger partial charge in [-0.25, -0.2) is 0 Å². The molecule has 0 unspecified atom stereocenters. The molecule has 0 spiro atoms. The quantitative estimate of drug-likeness (QED) is 0.643. The van der Waals surface area contributed by atoms with Crippen molar-refractivity contribution >= 4 is 10.8 Å². The van der Waals surface area contributed by atoms with E-state index >= 15 is 0 Å². The van der Waals surface area contributed by atoms with Crippen molar-refractivity contribution in [2.45, 2.75) is 19.3 Å². The number of rotatable bonds is 3. The molecule has 2 rings (SSSR count). The van der Waals surface area contributed by atoms with E-state index in [1.807, 2.05) is 24.5 Å². The second kappa shape index (κ2) is 6.03. The highest BCUT2D eigenvalue weighted by atomic mass is 14.6. The van der Waals surface area contributed by atoms with E-state index in [1.165, 1.54) is 5.39 Å². The molecule has 1 aromatic carbocycles. The normalized spacial score (nSPS) is 9.94. The second-order valence-electron chi connectivity index (χ2n) is 3.95. The Hall–Kier alpha value is -1.85. The minimum atomic E-state index is 0.752. The molecule has 2 aromatic rings. The van der Waals surface area contributed by atoms with Gasteiger partial charge in [-0.05, 0) is 31.5 Å². The molecule has 0 radical (unpaired) electrons. The van der Waals surface area contributed by atoms with Gasteiger partial charge in [0, 0.05) is 35.2 Å². The molecular weight excluding hydrogens is 208 g/mol. The van der Waals surface area contributed by atoms with Crippen molar-refractivity contribution < 1.29 is 0 Å². The molecule has 2 heteroatoms. The lowest BCUT2D eigenvalue weighted by molar-refractivity contribution is 0.768. The van der Waals surface area contributed by atoms with E-state index < -0.39 is 0 Å². The molecule has 0 aliphatic carbocycles. The molecule has 0 fully saturated rings. The average Bonchev–Trinajstić information content (AvgIpc) is 2.39. The predicted octanol–water partition coefficient (Wildman–Crippen LogP) is 2.72. The largest absolute Gasteiger partial charge is 0.330 e. The molecule has 2 N–H and O–H groups in total. The first-order chi connectivity index (χ1) is 8.42. The van der Waals surface area contributed by atoms with E-state index in [0.29, 0.717) is 0 Å². The van der Waals surface area contributed by atoms with Gasteiger partial charge in [0.05, 0.1) is 0 Å². The van der Waals surface area contributed by atoms with Gasteiger partial charge in [0.15, 0.2) is 0 Å². The zero-order chi connectivity index (χ0) is 11.9. The molecule has 0 saturated heterocycles. The first kappa shape index (κ1) is 11.6. The molecule has 1 heterocycles. The monoisotopic (exact) mass is 224 g/mol. The van der Waals surface area contributed by atoms with Gasteiger partial charge in [-0.2, -0.15) is 0 Å². The Bertz CT molecular complexity index is 544. The maximum atomic E-state index is 5.44. The van der Waals surface area contributed by atoms with Crippen molar-refractivity contribution in [3.63, 3.8) is 0 Å². The van der Waals surface area contributed by atoms with Crippen LogP contribution >= 0.6 is 0 Å². The van der Waals surface area contributed by atoms with Gasteiger partial charge in [0.25, 0.3) is 0 Å². The fourth-order valence-corrected chi connectivity index (χ4v) is 1.75. The summed E-state index contributed by atoms with van der Waals surface area (Å²) in [5.74, 6) is 6.43. The molecule has 2 nitrogen and oxygen atoms in total. The van der Waals surface area contributed by atoms with Crippen LogP contribution in [0.5, 0.6) is 0 Å². The van der Waals surface area contributed by atoms with Gasteiger partial charge in [0.2, 0.25) is 0 Å². The van der Waals surface area contributed by atoms with Gasteiger partial charge in [-0.3, -0.25) is 4.98 Å². The third kappa shape index (κ3) is 3.05. The molecule has 86 valence electrons. The molecular formula is C15H16N2. The number of hydrogen-bond donors (Lipinski definition) is 1.